The van der Waals surface area contributed by atoms with Crippen LogP contribution in [0.5, 0.6) is 0 Å². The molecule has 1 aliphatic heterocycles. The predicted octanol–water partition coefficient (Wildman–Crippen LogP) is 3.77. The van der Waals surface area contributed by atoms with Crippen molar-refractivity contribution in [2.75, 3.05) is 0 Å². The number of halogens is 1. The number of carbonyl (C=O) groups is 2. The van der Waals surface area contributed by atoms with Crippen LogP contribution in [0.25, 0.3) is 11.1 Å². The Labute approximate surface area is 131 Å². The van der Waals surface area contributed by atoms with Crippen LogP contribution < -0.4 is 0 Å². The number of benzene rings is 2. The van der Waals surface area contributed by atoms with Crippen LogP contribution >= 0.6 is 15.9 Å². The number of hydrogen-bond donors (Lipinski definition) is 0. The van der Waals surface area contributed by atoms with Crippen molar-refractivity contribution >= 4 is 27.7 Å². The van der Waals surface area contributed by atoms with Gasteiger partial charge in [0.2, 0.25) is 11.8 Å². The molecule has 0 aromatic heterocycles. The molecule has 106 valence electrons. The zero-order chi connectivity index (χ0) is 14.8. The van der Waals surface area contributed by atoms with Gasteiger partial charge in [-0.15, -0.1) is 0 Å². The molecule has 4 heteroatoms. The van der Waals surface area contributed by atoms with Crippen LogP contribution in [0, 0.1) is 0 Å². The number of likely N-dealkylation sites (tertiary alicyclic amines) is 1. The summed E-state index contributed by atoms with van der Waals surface area (Å²) in [6, 6.07) is 15.9. The topological polar surface area (TPSA) is 37.4 Å². The van der Waals surface area contributed by atoms with Crippen molar-refractivity contribution in [2.24, 2.45) is 0 Å². The van der Waals surface area contributed by atoms with E-state index in [9.17, 15) is 9.59 Å². The summed E-state index contributed by atoms with van der Waals surface area (Å²) in [5.74, 6) is -0.172. The molecule has 2 aromatic rings. The number of amides is 2. The van der Waals surface area contributed by atoms with E-state index in [-0.39, 0.29) is 11.8 Å². The molecular weight excluding hydrogens is 330 g/mol. The molecule has 0 spiro atoms. The average Bonchev–Trinajstić information content (AvgIpc) is 2.82. The third kappa shape index (κ3) is 2.76. The molecule has 0 aliphatic carbocycles. The molecule has 3 rings (SSSR count). The maximum Gasteiger partial charge on any atom is 0.229 e. The van der Waals surface area contributed by atoms with E-state index in [1.54, 1.807) is 0 Å². The molecule has 2 amide bonds. The summed E-state index contributed by atoms with van der Waals surface area (Å²) < 4.78 is 0.934. The van der Waals surface area contributed by atoms with Crippen LogP contribution in [0.4, 0.5) is 0 Å². The van der Waals surface area contributed by atoms with Crippen molar-refractivity contribution in [3.63, 3.8) is 0 Å². The van der Waals surface area contributed by atoms with Gasteiger partial charge in [-0.25, -0.2) is 0 Å². The molecule has 1 aliphatic rings. The van der Waals surface area contributed by atoms with Crippen molar-refractivity contribution in [1.82, 2.24) is 4.90 Å². The van der Waals surface area contributed by atoms with Gasteiger partial charge in [0.15, 0.2) is 0 Å². The van der Waals surface area contributed by atoms with E-state index in [0.29, 0.717) is 19.4 Å². The fourth-order valence-electron chi connectivity index (χ4n) is 2.51. The lowest BCUT2D eigenvalue weighted by Crippen LogP contribution is -2.28. The largest absolute Gasteiger partial charge is 0.278 e. The number of carbonyl (C=O) groups excluding carboxylic acids is 2. The van der Waals surface area contributed by atoms with Gasteiger partial charge in [0.25, 0.3) is 0 Å². The van der Waals surface area contributed by atoms with Crippen molar-refractivity contribution < 1.29 is 9.59 Å². The van der Waals surface area contributed by atoms with Gasteiger partial charge in [0, 0.05) is 17.3 Å². The third-order valence-corrected chi connectivity index (χ3v) is 4.58. The quantitative estimate of drug-likeness (QED) is 0.795. The fraction of sp³-hybridized carbons (Fsp3) is 0.176. The van der Waals surface area contributed by atoms with Crippen molar-refractivity contribution in [1.29, 1.82) is 0 Å². The minimum atomic E-state index is -0.0861. The second kappa shape index (κ2) is 5.82. The van der Waals surface area contributed by atoms with Crippen LogP contribution in [-0.4, -0.2) is 16.7 Å². The normalized spacial score (nSPS) is 14.8. The summed E-state index contributed by atoms with van der Waals surface area (Å²) in [4.78, 5) is 24.8. The van der Waals surface area contributed by atoms with Gasteiger partial charge in [0.05, 0.1) is 6.54 Å². The van der Waals surface area contributed by atoms with Crippen LogP contribution in [0.15, 0.2) is 53.0 Å². The zero-order valence-corrected chi connectivity index (χ0v) is 13.0. The van der Waals surface area contributed by atoms with E-state index in [4.69, 9.17) is 0 Å². The second-order valence-corrected chi connectivity index (χ2v) is 5.81. The SMILES string of the molecule is O=C1CCC(=O)N1Cc1cccc(-c2ccccc2)c1Br. The molecule has 1 fully saturated rings. The predicted molar refractivity (Wildman–Crippen MR) is 84.4 cm³/mol. The molecule has 0 atom stereocenters. The summed E-state index contributed by atoms with van der Waals surface area (Å²) in [7, 11) is 0. The summed E-state index contributed by atoms with van der Waals surface area (Å²) >= 11 is 3.62. The first kappa shape index (κ1) is 14.0. The molecule has 0 bridgehead atoms. The number of nitrogens with zero attached hydrogens (tertiary/aromatic N) is 1. The average molecular weight is 344 g/mol. The summed E-state index contributed by atoms with van der Waals surface area (Å²) in [6.45, 7) is 0.332. The molecule has 21 heavy (non-hydrogen) atoms. The minimum Gasteiger partial charge on any atom is -0.278 e. The van der Waals surface area contributed by atoms with E-state index < -0.39 is 0 Å². The van der Waals surface area contributed by atoms with E-state index in [2.05, 4.69) is 15.9 Å². The highest BCUT2D eigenvalue weighted by molar-refractivity contribution is 9.10. The van der Waals surface area contributed by atoms with E-state index >= 15 is 0 Å². The molecule has 2 aromatic carbocycles. The first-order chi connectivity index (χ1) is 10.2. The monoisotopic (exact) mass is 343 g/mol. The van der Waals surface area contributed by atoms with E-state index in [1.165, 1.54) is 4.90 Å². The molecule has 1 heterocycles. The summed E-state index contributed by atoms with van der Waals surface area (Å²) in [6.07, 6.45) is 0.656. The lowest BCUT2D eigenvalue weighted by atomic mass is 10.0. The van der Waals surface area contributed by atoms with Crippen LogP contribution in [0.3, 0.4) is 0 Å². The minimum absolute atomic E-state index is 0.0861. The van der Waals surface area contributed by atoms with Crippen molar-refractivity contribution in [2.45, 2.75) is 19.4 Å². The highest BCUT2D eigenvalue weighted by Crippen LogP contribution is 2.32. The van der Waals surface area contributed by atoms with Gasteiger partial charge < -0.3 is 0 Å². The van der Waals surface area contributed by atoms with Gasteiger partial charge in [-0.05, 0) is 32.6 Å². The highest BCUT2D eigenvalue weighted by Gasteiger charge is 2.29. The Kier molecular flexibility index (Phi) is 3.88. The Morgan fingerprint density at radius 3 is 2.24 bits per heavy atom. The fourth-order valence-corrected chi connectivity index (χ4v) is 3.13. The number of hydrogen-bond acceptors (Lipinski definition) is 2. The van der Waals surface area contributed by atoms with Crippen LogP contribution in [0.2, 0.25) is 0 Å². The van der Waals surface area contributed by atoms with Gasteiger partial charge in [-0.1, -0.05) is 48.5 Å². The smallest absolute Gasteiger partial charge is 0.229 e. The molecule has 3 nitrogen and oxygen atoms in total. The molecule has 0 saturated carbocycles. The van der Waals surface area contributed by atoms with Crippen molar-refractivity contribution in [3.05, 3.63) is 58.6 Å². The lowest BCUT2D eigenvalue weighted by Gasteiger charge is -2.16. The molecule has 0 unspecified atom stereocenters. The Balaban J connectivity index is 1.94. The molecule has 0 radical (unpaired) electrons. The highest BCUT2D eigenvalue weighted by atomic mass is 79.9. The number of imide groups is 1. The Bertz CT molecular complexity index is 681. The maximum atomic E-state index is 11.7. The molecule has 0 N–H and O–H groups in total. The third-order valence-electron chi connectivity index (χ3n) is 3.65. The van der Waals surface area contributed by atoms with Crippen LogP contribution in [0.1, 0.15) is 18.4 Å². The Morgan fingerprint density at radius 1 is 0.905 bits per heavy atom. The zero-order valence-electron chi connectivity index (χ0n) is 11.4. The second-order valence-electron chi connectivity index (χ2n) is 5.02. The van der Waals surface area contributed by atoms with Gasteiger partial charge in [0.1, 0.15) is 0 Å². The van der Waals surface area contributed by atoms with E-state index in [0.717, 1.165) is 21.2 Å². The Morgan fingerprint density at radius 2 is 1.57 bits per heavy atom. The van der Waals surface area contributed by atoms with Crippen molar-refractivity contribution in [3.8, 4) is 11.1 Å². The van der Waals surface area contributed by atoms with Crippen LogP contribution in [-0.2, 0) is 16.1 Å². The summed E-state index contributed by atoms with van der Waals surface area (Å²) in [5.41, 5.74) is 3.11. The Hall–Kier alpha value is -1.94. The summed E-state index contributed by atoms with van der Waals surface area (Å²) in [5, 5.41) is 0. The van der Waals surface area contributed by atoms with E-state index in [1.807, 2.05) is 48.5 Å². The maximum absolute atomic E-state index is 11.7. The van der Waals surface area contributed by atoms with Gasteiger partial charge in [-0.3, -0.25) is 14.5 Å². The lowest BCUT2D eigenvalue weighted by molar-refractivity contribution is -0.139. The van der Waals surface area contributed by atoms with Gasteiger partial charge >= 0.3 is 0 Å². The molecule has 1 saturated heterocycles. The molecular formula is C17H14BrNO2. The number of rotatable bonds is 3. The standard InChI is InChI=1S/C17H14BrNO2/c18-17-13(11-19-15(20)9-10-16(19)21)7-4-8-14(17)12-5-2-1-3-6-12/h1-8H,9-11H2. The van der Waals surface area contributed by atoms with Gasteiger partial charge in [-0.2, -0.15) is 0 Å². The first-order valence-electron chi connectivity index (χ1n) is 6.83. The first-order valence-corrected chi connectivity index (χ1v) is 7.62.